The summed E-state index contributed by atoms with van der Waals surface area (Å²) in [6.07, 6.45) is 2.82. The van der Waals surface area contributed by atoms with Crippen LogP contribution in [0.4, 0.5) is 0 Å². The van der Waals surface area contributed by atoms with E-state index in [-0.39, 0.29) is 5.54 Å². The number of pyridine rings is 1. The fourth-order valence-corrected chi connectivity index (χ4v) is 3.44. The molecule has 0 radical (unpaired) electrons. The number of rotatable bonds is 2. The standard InChI is InChI=1S/C21H20N2O/c1-21(2)12-15-8-6-10-18(24-3)19(15)20(23-21)16-11-14-7-4-5-9-17(14)22-13-16/h4-11,13H,12H2,1-3H3. The fourth-order valence-electron chi connectivity index (χ4n) is 3.44. The van der Waals surface area contributed by atoms with Crippen LogP contribution in [0.3, 0.4) is 0 Å². The molecule has 0 aliphatic carbocycles. The molecule has 0 spiro atoms. The molecule has 0 atom stereocenters. The van der Waals surface area contributed by atoms with Gasteiger partial charge in [-0.05, 0) is 44.0 Å². The van der Waals surface area contributed by atoms with Crippen LogP contribution < -0.4 is 4.74 Å². The van der Waals surface area contributed by atoms with Gasteiger partial charge in [0.25, 0.3) is 0 Å². The van der Waals surface area contributed by atoms with E-state index < -0.39 is 0 Å². The average molecular weight is 316 g/mol. The highest BCUT2D eigenvalue weighted by molar-refractivity contribution is 6.17. The van der Waals surface area contributed by atoms with E-state index in [1.807, 2.05) is 30.5 Å². The Balaban J connectivity index is 1.96. The molecule has 0 bridgehead atoms. The van der Waals surface area contributed by atoms with Crippen molar-refractivity contribution in [2.45, 2.75) is 25.8 Å². The van der Waals surface area contributed by atoms with Crippen molar-refractivity contribution >= 4 is 16.6 Å². The van der Waals surface area contributed by atoms with Gasteiger partial charge < -0.3 is 4.74 Å². The number of ether oxygens (including phenoxy) is 1. The number of methoxy groups -OCH3 is 1. The molecule has 1 aliphatic heterocycles. The van der Waals surface area contributed by atoms with Crippen molar-refractivity contribution in [3.8, 4) is 5.75 Å². The summed E-state index contributed by atoms with van der Waals surface area (Å²) in [5.41, 5.74) is 5.23. The first-order valence-corrected chi connectivity index (χ1v) is 8.19. The molecule has 0 saturated heterocycles. The van der Waals surface area contributed by atoms with E-state index in [1.165, 1.54) is 5.56 Å². The predicted octanol–water partition coefficient (Wildman–Crippen LogP) is 4.42. The summed E-state index contributed by atoms with van der Waals surface area (Å²) in [6.45, 7) is 4.34. The smallest absolute Gasteiger partial charge is 0.128 e. The molecule has 0 amide bonds. The van der Waals surface area contributed by atoms with Crippen molar-refractivity contribution in [1.82, 2.24) is 4.98 Å². The SMILES string of the molecule is COc1cccc2c1C(c1cnc3ccccc3c1)=NC(C)(C)C2. The summed E-state index contributed by atoms with van der Waals surface area (Å²) < 4.78 is 5.62. The highest BCUT2D eigenvalue weighted by Crippen LogP contribution is 2.34. The Morgan fingerprint density at radius 2 is 1.88 bits per heavy atom. The molecule has 2 heterocycles. The molecule has 0 fully saturated rings. The third kappa shape index (κ3) is 2.46. The van der Waals surface area contributed by atoms with Gasteiger partial charge in [0.1, 0.15) is 5.75 Å². The molecule has 2 aromatic carbocycles. The van der Waals surface area contributed by atoms with Gasteiger partial charge in [0.05, 0.1) is 23.9 Å². The lowest BCUT2D eigenvalue weighted by molar-refractivity contribution is 0.411. The van der Waals surface area contributed by atoms with Crippen LogP contribution in [0.25, 0.3) is 10.9 Å². The molecular formula is C21H20N2O. The van der Waals surface area contributed by atoms with Crippen molar-refractivity contribution in [3.05, 3.63) is 71.4 Å². The third-order valence-corrected chi connectivity index (χ3v) is 4.47. The summed E-state index contributed by atoms with van der Waals surface area (Å²) in [7, 11) is 1.71. The molecular weight excluding hydrogens is 296 g/mol. The fraction of sp³-hybridized carbons (Fsp3) is 0.238. The number of nitrogens with zero attached hydrogens (tertiary/aromatic N) is 2. The van der Waals surface area contributed by atoms with Crippen LogP contribution in [0, 0.1) is 0 Å². The van der Waals surface area contributed by atoms with Gasteiger partial charge in [-0.3, -0.25) is 9.98 Å². The first-order valence-electron chi connectivity index (χ1n) is 8.19. The van der Waals surface area contributed by atoms with Crippen LogP contribution in [0.1, 0.15) is 30.5 Å². The molecule has 4 rings (SSSR count). The maximum absolute atomic E-state index is 5.62. The van der Waals surface area contributed by atoms with Crippen LogP contribution >= 0.6 is 0 Å². The van der Waals surface area contributed by atoms with Gasteiger partial charge >= 0.3 is 0 Å². The zero-order valence-electron chi connectivity index (χ0n) is 14.2. The maximum atomic E-state index is 5.62. The van der Waals surface area contributed by atoms with Crippen LogP contribution in [-0.4, -0.2) is 23.3 Å². The maximum Gasteiger partial charge on any atom is 0.128 e. The van der Waals surface area contributed by atoms with Crippen LogP contribution in [-0.2, 0) is 6.42 Å². The Morgan fingerprint density at radius 1 is 1.04 bits per heavy atom. The number of fused-ring (bicyclic) bond motifs is 2. The molecule has 0 saturated carbocycles. The van der Waals surface area contributed by atoms with E-state index in [0.717, 1.165) is 39.9 Å². The predicted molar refractivity (Wildman–Crippen MR) is 98.2 cm³/mol. The van der Waals surface area contributed by atoms with E-state index in [4.69, 9.17) is 9.73 Å². The first-order chi connectivity index (χ1) is 11.6. The van der Waals surface area contributed by atoms with E-state index in [9.17, 15) is 0 Å². The zero-order valence-corrected chi connectivity index (χ0v) is 14.2. The molecule has 120 valence electrons. The number of hydrogen-bond acceptors (Lipinski definition) is 3. The summed E-state index contributed by atoms with van der Waals surface area (Å²) in [5.74, 6) is 0.870. The normalized spacial score (nSPS) is 15.7. The minimum atomic E-state index is -0.139. The number of aromatic nitrogens is 1. The van der Waals surface area contributed by atoms with Crippen LogP contribution in [0.2, 0.25) is 0 Å². The molecule has 3 aromatic rings. The monoisotopic (exact) mass is 316 g/mol. The van der Waals surface area contributed by atoms with E-state index in [1.54, 1.807) is 7.11 Å². The van der Waals surface area contributed by atoms with Crippen molar-refractivity contribution < 1.29 is 4.74 Å². The third-order valence-electron chi connectivity index (χ3n) is 4.47. The Kier molecular flexibility index (Phi) is 3.38. The van der Waals surface area contributed by atoms with Gasteiger partial charge in [-0.2, -0.15) is 0 Å². The molecule has 0 unspecified atom stereocenters. The van der Waals surface area contributed by atoms with Crippen LogP contribution in [0.15, 0.2) is 59.7 Å². The zero-order chi connectivity index (χ0) is 16.7. The summed E-state index contributed by atoms with van der Waals surface area (Å²) in [5, 5.41) is 1.12. The second-order valence-electron chi connectivity index (χ2n) is 6.86. The van der Waals surface area contributed by atoms with Crippen molar-refractivity contribution in [1.29, 1.82) is 0 Å². The van der Waals surface area contributed by atoms with Gasteiger partial charge in [0, 0.05) is 22.7 Å². The minimum Gasteiger partial charge on any atom is -0.496 e. The Labute approximate surface area is 142 Å². The summed E-state index contributed by atoms with van der Waals surface area (Å²) in [6, 6.07) is 16.5. The number of hydrogen-bond donors (Lipinski definition) is 0. The van der Waals surface area contributed by atoms with E-state index in [0.29, 0.717) is 0 Å². The second kappa shape index (κ2) is 5.45. The van der Waals surface area contributed by atoms with Crippen LogP contribution in [0.5, 0.6) is 5.75 Å². The largest absolute Gasteiger partial charge is 0.496 e. The highest BCUT2D eigenvalue weighted by atomic mass is 16.5. The van der Waals surface area contributed by atoms with Gasteiger partial charge in [-0.15, -0.1) is 0 Å². The number of aliphatic imine (C=N–C) groups is 1. The molecule has 1 aromatic heterocycles. The lowest BCUT2D eigenvalue weighted by Gasteiger charge is -2.30. The topological polar surface area (TPSA) is 34.5 Å². The van der Waals surface area contributed by atoms with Gasteiger partial charge in [-0.25, -0.2) is 0 Å². The quantitative estimate of drug-likeness (QED) is 0.701. The van der Waals surface area contributed by atoms with Crippen molar-refractivity contribution in [2.75, 3.05) is 7.11 Å². The lowest BCUT2D eigenvalue weighted by Crippen LogP contribution is -2.29. The Morgan fingerprint density at radius 3 is 2.71 bits per heavy atom. The van der Waals surface area contributed by atoms with Gasteiger partial charge in [0.15, 0.2) is 0 Å². The number of benzene rings is 2. The average Bonchev–Trinajstić information content (AvgIpc) is 2.59. The summed E-state index contributed by atoms with van der Waals surface area (Å²) >= 11 is 0. The molecule has 0 N–H and O–H groups in total. The first kappa shape index (κ1) is 14.9. The van der Waals surface area contributed by atoms with Gasteiger partial charge in [-0.1, -0.05) is 30.3 Å². The van der Waals surface area contributed by atoms with E-state index in [2.05, 4.69) is 43.1 Å². The second-order valence-corrected chi connectivity index (χ2v) is 6.86. The highest BCUT2D eigenvalue weighted by Gasteiger charge is 2.29. The van der Waals surface area contributed by atoms with Crippen molar-refractivity contribution in [2.24, 2.45) is 4.99 Å². The molecule has 3 nitrogen and oxygen atoms in total. The van der Waals surface area contributed by atoms with Gasteiger partial charge in [0.2, 0.25) is 0 Å². The lowest BCUT2D eigenvalue weighted by atomic mass is 9.84. The Bertz CT molecular complexity index is 957. The minimum absolute atomic E-state index is 0.139. The summed E-state index contributed by atoms with van der Waals surface area (Å²) in [4.78, 5) is 9.65. The number of para-hydroxylation sites is 1. The Hall–Kier alpha value is -2.68. The van der Waals surface area contributed by atoms with Crippen molar-refractivity contribution in [3.63, 3.8) is 0 Å². The molecule has 24 heavy (non-hydrogen) atoms. The molecule has 3 heteroatoms. The van der Waals surface area contributed by atoms with E-state index >= 15 is 0 Å². The molecule has 1 aliphatic rings.